The quantitative estimate of drug-likeness (QED) is 0.447. The van der Waals surface area contributed by atoms with E-state index in [0.29, 0.717) is 0 Å². The number of rotatable bonds is 8. The molecule has 0 aromatic heterocycles. The molecule has 0 amide bonds. The second-order valence-electron chi connectivity index (χ2n) is 5.74. The lowest BCUT2D eigenvalue weighted by atomic mass is 10.0. The van der Waals surface area contributed by atoms with Crippen LogP contribution in [-0.2, 0) is 0 Å². The zero-order valence-electron chi connectivity index (χ0n) is 15.4. The molecule has 0 radical (unpaired) electrons. The van der Waals surface area contributed by atoms with Gasteiger partial charge in [0, 0.05) is 51.3 Å². The summed E-state index contributed by atoms with van der Waals surface area (Å²) >= 11 is 0. The van der Waals surface area contributed by atoms with Gasteiger partial charge in [-0.3, -0.25) is 5.01 Å². The molecule has 0 saturated carbocycles. The molecule has 1 atom stereocenters. The van der Waals surface area contributed by atoms with Crippen LogP contribution in [0.4, 0.5) is 0 Å². The number of benzene rings is 1. The Balaban J connectivity index is 2.88. The van der Waals surface area contributed by atoms with Crippen molar-refractivity contribution in [1.82, 2.24) is 15.2 Å². The smallest absolute Gasteiger partial charge is 0.0546 e. The van der Waals surface area contributed by atoms with Gasteiger partial charge in [0.1, 0.15) is 0 Å². The van der Waals surface area contributed by atoms with E-state index in [1.165, 1.54) is 5.70 Å². The van der Waals surface area contributed by atoms with Crippen molar-refractivity contribution >= 4 is 32.0 Å². The Morgan fingerprint density at radius 2 is 1.96 bits per heavy atom. The maximum Gasteiger partial charge on any atom is 0.0546 e. The van der Waals surface area contributed by atoms with E-state index in [2.05, 4.69) is 50.7 Å². The third kappa shape index (κ3) is 5.54. The maximum absolute atomic E-state index is 4.44. The predicted molar refractivity (Wildman–Crippen MR) is 111 cm³/mol. The van der Waals surface area contributed by atoms with E-state index in [4.69, 9.17) is 0 Å². The molecule has 0 aliphatic heterocycles. The highest BCUT2D eigenvalue weighted by molar-refractivity contribution is 7.27. The maximum atomic E-state index is 4.44. The summed E-state index contributed by atoms with van der Waals surface area (Å²) in [7, 11) is 10.6. The summed E-state index contributed by atoms with van der Waals surface area (Å²) in [5, 5.41) is 10.4. The van der Waals surface area contributed by atoms with Crippen molar-refractivity contribution in [2.75, 3.05) is 28.2 Å². The zero-order chi connectivity index (χ0) is 18.3. The van der Waals surface area contributed by atoms with Crippen molar-refractivity contribution in [2.45, 2.75) is 13.3 Å². The third-order valence-corrected chi connectivity index (χ3v) is 4.20. The Morgan fingerprint density at radius 1 is 1.29 bits per heavy atom. The Labute approximate surface area is 148 Å². The van der Waals surface area contributed by atoms with E-state index in [-0.39, 0.29) is 0 Å². The van der Waals surface area contributed by atoms with Gasteiger partial charge in [0.15, 0.2) is 0 Å². The van der Waals surface area contributed by atoms with E-state index in [1.54, 1.807) is 6.21 Å². The average Bonchev–Trinajstić information content (AvgIpc) is 2.56. The standard InChI is InChI=1S/C19H29N4P/c1-8-17(22(5)6)13-23(7)21-12-14(2)16-9-10-18(15(3)20-4)19(24)11-16/h9-13,20H,2-3,8,24H2,1,4-7H3/b17-13-,21-12-. The first-order chi connectivity index (χ1) is 11.3. The molecular formula is C19H29N4P. The predicted octanol–water partition coefficient (Wildman–Crippen LogP) is 3.12. The van der Waals surface area contributed by atoms with Crippen LogP contribution in [0.1, 0.15) is 24.5 Å². The molecule has 130 valence electrons. The fourth-order valence-electron chi connectivity index (χ4n) is 2.18. The molecule has 1 unspecified atom stereocenters. The molecule has 1 aromatic rings. The van der Waals surface area contributed by atoms with Crippen molar-refractivity contribution < 1.29 is 0 Å². The minimum Gasteiger partial charge on any atom is -0.388 e. The second kappa shape index (κ2) is 9.29. The van der Waals surface area contributed by atoms with Crippen LogP contribution in [0.25, 0.3) is 11.3 Å². The molecule has 0 heterocycles. The SMILES string of the molecule is C=C(/C=N\N(C)/C=C(/CC)N(C)C)c1ccc(C(=C)NC)c(P)c1. The molecule has 0 aliphatic rings. The fourth-order valence-corrected chi connectivity index (χ4v) is 2.63. The molecule has 4 nitrogen and oxygen atoms in total. The molecule has 5 heteroatoms. The lowest BCUT2D eigenvalue weighted by Gasteiger charge is -2.18. The van der Waals surface area contributed by atoms with Gasteiger partial charge in [-0.15, -0.1) is 9.24 Å². The van der Waals surface area contributed by atoms with E-state index >= 15 is 0 Å². The van der Waals surface area contributed by atoms with Crippen LogP contribution in [0.2, 0.25) is 0 Å². The van der Waals surface area contributed by atoms with Crippen molar-refractivity contribution in [3.05, 3.63) is 54.4 Å². The molecule has 0 fully saturated rings. The molecule has 0 spiro atoms. The van der Waals surface area contributed by atoms with Gasteiger partial charge in [-0.2, -0.15) is 5.10 Å². The minimum atomic E-state index is 0.864. The number of hydrogen-bond acceptors (Lipinski definition) is 4. The summed E-state index contributed by atoms with van der Waals surface area (Å²) in [6, 6.07) is 6.15. The van der Waals surface area contributed by atoms with Crippen LogP contribution >= 0.6 is 9.24 Å². The summed E-state index contributed by atoms with van der Waals surface area (Å²) in [6.45, 7) is 10.2. The summed E-state index contributed by atoms with van der Waals surface area (Å²) < 4.78 is 0. The Hall–Kier alpha value is -2.06. The highest BCUT2D eigenvalue weighted by Gasteiger charge is 2.04. The van der Waals surface area contributed by atoms with Crippen molar-refractivity contribution in [3.8, 4) is 0 Å². The normalized spacial score (nSPS) is 11.5. The topological polar surface area (TPSA) is 30.9 Å². The molecule has 24 heavy (non-hydrogen) atoms. The molecule has 1 N–H and O–H groups in total. The minimum absolute atomic E-state index is 0.864. The molecule has 1 rings (SSSR count). The highest BCUT2D eigenvalue weighted by atomic mass is 31.0. The van der Waals surface area contributed by atoms with Gasteiger partial charge in [0.05, 0.1) is 6.21 Å². The Kier molecular flexibility index (Phi) is 7.73. The monoisotopic (exact) mass is 344 g/mol. The first kappa shape index (κ1) is 20.0. The van der Waals surface area contributed by atoms with Gasteiger partial charge in [-0.05, 0) is 28.9 Å². The molecular weight excluding hydrogens is 315 g/mol. The Morgan fingerprint density at radius 3 is 2.46 bits per heavy atom. The number of hydrazone groups is 1. The number of hydrogen-bond donors (Lipinski definition) is 1. The van der Waals surface area contributed by atoms with Crippen LogP contribution in [-0.4, -0.2) is 44.3 Å². The van der Waals surface area contributed by atoms with Crippen LogP contribution in [0.5, 0.6) is 0 Å². The summed E-state index contributed by atoms with van der Waals surface area (Å²) in [5.74, 6) is 0. The van der Waals surface area contributed by atoms with E-state index in [1.807, 2.05) is 51.5 Å². The van der Waals surface area contributed by atoms with Gasteiger partial charge < -0.3 is 10.2 Å². The summed E-state index contributed by atoms with van der Waals surface area (Å²) in [6.07, 6.45) is 4.76. The summed E-state index contributed by atoms with van der Waals surface area (Å²) in [5.41, 5.74) is 5.09. The Bertz CT molecular complexity index is 659. The largest absolute Gasteiger partial charge is 0.388 e. The van der Waals surface area contributed by atoms with E-state index in [0.717, 1.165) is 34.1 Å². The van der Waals surface area contributed by atoms with Crippen molar-refractivity contribution in [1.29, 1.82) is 0 Å². The lowest BCUT2D eigenvalue weighted by molar-refractivity contribution is 0.434. The third-order valence-electron chi connectivity index (χ3n) is 3.72. The van der Waals surface area contributed by atoms with Crippen molar-refractivity contribution in [3.63, 3.8) is 0 Å². The second-order valence-corrected chi connectivity index (χ2v) is 6.36. The van der Waals surface area contributed by atoms with Gasteiger partial charge in [0.25, 0.3) is 0 Å². The number of nitrogens with zero attached hydrogens (tertiary/aromatic N) is 3. The van der Waals surface area contributed by atoms with Crippen LogP contribution in [0.3, 0.4) is 0 Å². The average molecular weight is 344 g/mol. The van der Waals surface area contributed by atoms with Gasteiger partial charge in [0.2, 0.25) is 0 Å². The molecule has 0 bridgehead atoms. The lowest BCUT2D eigenvalue weighted by Crippen LogP contribution is -2.14. The highest BCUT2D eigenvalue weighted by Crippen LogP contribution is 2.16. The first-order valence-electron chi connectivity index (χ1n) is 7.90. The van der Waals surface area contributed by atoms with E-state index in [9.17, 15) is 0 Å². The van der Waals surface area contributed by atoms with E-state index < -0.39 is 0 Å². The van der Waals surface area contributed by atoms with Crippen LogP contribution in [0, 0.1) is 0 Å². The number of nitrogens with one attached hydrogen (secondary N) is 1. The van der Waals surface area contributed by atoms with Crippen molar-refractivity contribution in [2.24, 2.45) is 5.10 Å². The number of allylic oxidation sites excluding steroid dienone is 2. The first-order valence-corrected chi connectivity index (χ1v) is 8.48. The van der Waals surface area contributed by atoms with Gasteiger partial charge >= 0.3 is 0 Å². The molecule has 0 aliphatic carbocycles. The van der Waals surface area contributed by atoms with Gasteiger partial charge in [-0.1, -0.05) is 32.2 Å². The van der Waals surface area contributed by atoms with Crippen LogP contribution < -0.4 is 10.6 Å². The van der Waals surface area contributed by atoms with Gasteiger partial charge in [-0.25, -0.2) is 0 Å². The molecule has 0 saturated heterocycles. The van der Waals surface area contributed by atoms with Crippen LogP contribution in [0.15, 0.2) is 48.4 Å². The fraction of sp³-hybridized carbons (Fsp3) is 0.316. The zero-order valence-corrected chi connectivity index (χ0v) is 16.6. The molecule has 1 aromatic carbocycles. The summed E-state index contributed by atoms with van der Waals surface area (Å²) in [4.78, 5) is 2.09.